The van der Waals surface area contributed by atoms with Gasteiger partial charge in [-0.25, -0.2) is 0 Å². The van der Waals surface area contributed by atoms with Crippen LogP contribution in [0.4, 0.5) is 0 Å². The highest BCUT2D eigenvalue weighted by Gasteiger charge is 1.96. The molecule has 1 N–H and O–H groups in total. The summed E-state index contributed by atoms with van der Waals surface area (Å²) in [5, 5.41) is 3.29. The van der Waals surface area contributed by atoms with Crippen molar-refractivity contribution in [1.82, 2.24) is 5.32 Å². The summed E-state index contributed by atoms with van der Waals surface area (Å²) in [5.41, 5.74) is 3.76. The Morgan fingerprint density at radius 1 is 1.33 bits per heavy atom. The fourth-order valence-corrected chi connectivity index (χ4v) is 1.40. The van der Waals surface area contributed by atoms with Crippen LogP contribution in [0.15, 0.2) is 35.4 Å². The van der Waals surface area contributed by atoms with Crippen LogP contribution in [-0.4, -0.2) is 26.9 Å². The Kier molecular flexibility index (Phi) is 7.49. The van der Waals surface area contributed by atoms with Gasteiger partial charge in [-0.1, -0.05) is 23.7 Å². The van der Waals surface area contributed by atoms with Crippen molar-refractivity contribution in [3.05, 3.63) is 40.9 Å². The Balaban J connectivity index is 2.33. The van der Waals surface area contributed by atoms with Crippen LogP contribution in [0.2, 0.25) is 0 Å². The monoisotopic (exact) mass is 269 g/mol. The molecule has 0 radical (unpaired) electrons. The summed E-state index contributed by atoms with van der Waals surface area (Å²) in [6.07, 6.45) is 0. The predicted octanol–water partition coefficient (Wildman–Crippen LogP) is 2.94. The molecular weight excluding hydrogens is 250 g/mol. The van der Waals surface area contributed by atoms with Gasteiger partial charge in [-0.05, 0) is 30.2 Å². The molecule has 0 heterocycles. The second kappa shape index (κ2) is 8.97. The van der Waals surface area contributed by atoms with Gasteiger partial charge in [-0.3, -0.25) is 0 Å². The summed E-state index contributed by atoms with van der Waals surface area (Å²) in [5.74, 6) is 0.855. The third-order valence-corrected chi connectivity index (χ3v) is 2.76. The molecule has 0 atom stereocenters. The molecule has 3 nitrogen and oxygen atoms in total. The van der Waals surface area contributed by atoms with Crippen molar-refractivity contribution in [2.24, 2.45) is 0 Å². The van der Waals surface area contributed by atoms with Crippen LogP contribution >= 0.6 is 11.6 Å². The number of ether oxygens (including phenoxy) is 2. The number of halogens is 1. The minimum Gasteiger partial charge on any atom is -0.489 e. The molecule has 0 aliphatic heterocycles. The third-order valence-electron chi connectivity index (χ3n) is 2.39. The molecule has 18 heavy (non-hydrogen) atoms. The highest BCUT2D eigenvalue weighted by molar-refractivity contribution is 6.25. The van der Waals surface area contributed by atoms with Crippen molar-refractivity contribution < 1.29 is 9.47 Å². The second-order valence-corrected chi connectivity index (χ2v) is 4.28. The second-order valence-electron chi connectivity index (χ2n) is 4.06. The summed E-state index contributed by atoms with van der Waals surface area (Å²) in [7, 11) is 1.70. The van der Waals surface area contributed by atoms with Crippen LogP contribution in [0.5, 0.6) is 5.75 Å². The van der Waals surface area contributed by atoms with Gasteiger partial charge < -0.3 is 14.8 Å². The van der Waals surface area contributed by atoms with E-state index < -0.39 is 0 Å². The number of hydrogen-bond donors (Lipinski definition) is 1. The van der Waals surface area contributed by atoms with Gasteiger partial charge in [-0.2, -0.15) is 0 Å². The van der Waals surface area contributed by atoms with E-state index in [2.05, 4.69) is 17.4 Å². The van der Waals surface area contributed by atoms with Crippen molar-refractivity contribution in [1.29, 1.82) is 0 Å². The minimum absolute atomic E-state index is 0.523. The minimum atomic E-state index is 0.523. The Bertz CT molecular complexity index is 363. The highest BCUT2D eigenvalue weighted by Crippen LogP contribution is 2.13. The first-order valence-corrected chi connectivity index (χ1v) is 6.37. The summed E-state index contributed by atoms with van der Waals surface area (Å²) in [6.45, 7) is 4.87. The zero-order chi connectivity index (χ0) is 13.2. The van der Waals surface area contributed by atoms with Crippen molar-refractivity contribution in [3.8, 4) is 5.75 Å². The van der Waals surface area contributed by atoms with Crippen molar-refractivity contribution in [2.75, 3.05) is 26.9 Å². The maximum atomic E-state index is 5.57. The van der Waals surface area contributed by atoms with Crippen LogP contribution in [0.3, 0.4) is 0 Å². The molecule has 0 spiro atoms. The number of benzene rings is 1. The van der Waals surface area contributed by atoms with E-state index in [1.165, 1.54) is 11.1 Å². The van der Waals surface area contributed by atoms with Gasteiger partial charge in [0, 0.05) is 25.7 Å². The Labute approximate surface area is 114 Å². The predicted molar refractivity (Wildman–Crippen MR) is 75.1 cm³/mol. The molecule has 1 rings (SSSR count). The summed E-state index contributed by atoms with van der Waals surface area (Å²) in [4.78, 5) is 0. The summed E-state index contributed by atoms with van der Waals surface area (Å²) < 4.78 is 10.5. The van der Waals surface area contributed by atoms with Crippen molar-refractivity contribution in [3.63, 3.8) is 0 Å². The molecule has 100 valence electrons. The SMILES string of the molecule is COCCNCc1ccc(OC/C(C)=C/Cl)cc1. The Morgan fingerprint density at radius 3 is 2.67 bits per heavy atom. The topological polar surface area (TPSA) is 30.5 Å². The standard InChI is InChI=1S/C14H20ClNO2/c1-12(9-15)11-18-14-5-3-13(4-6-14)10-16-7-8-17-2/h3-6,9,16H,7-8,10-11H2,1-2H3/b12-9+. The third kappa shape index (κ3) is 6.05. The van der Waals surface area contributed by atoms with E-state index in [1.807, 2.05) is 19.1 Å². The van der Waals surface area contributed by atoms with E-state index >= 15 is 0 Å². The zero-order valence-electron chi connectivity index (χ0n) is 10.9. The average molecular weight is 270 g/mol. The average Bonchev–Trinajstić information content (AvgIpc) is 2.42. The van der Waals surface area contributed by atoms with Crippen LogP contribution in [0.1, 0.15) is 12.5 Å². The number of rotatable bonds is 8. The van der Waals surface area contributed by atoms with E-state index in [4.69, 9.17) is 21.1 Å². The van der Waals surface area contributed by atoms with Crippen LogP contribution in [-0.2, 0) is 11.3 Å². The number of methoxy groups -OCH3 is 1. The molecule has 0 aliphatic rings. The lowest BCUT2D eigenvalue weighted by atomic mass is 10.2. The Hall–Kier alpha value is -1.03. The van der Waals surface area contributed by atoms with E-state index in [1.54, 1.807) is 7.11 Å². The number of nitrogens with one attached hydrogen (secondary N) is 1. The molecule has 4 heteroatoms. The van der Waals surface area contributed by atoms with Crippen LogP contribution in [0, 0.1) is 0 Å². The zero-order valence-corrected chi connectivity index (χ0v) is 11.7. The summed E-state index contributed by atoms with van der Waals surface area (Å²) in [6, 6.07) is 8.04. The molecule has 0 saturated heterocycles. The lowest BCUT2D eigenvalue weighted by molar-refractivity contribution is 0.199. The van der Waals surface area contributed by atoms with E-state index in [-0.39, 0.29) is 0 Å². The van der Waals surface area contributed by atoms with Crippen molar-refractivity contribution in [2.45, 2.75) is 13.5 Å². The van der Waals surface area contributed by atoms with Gasteiger partial charge in [0.05, 0.1) is 6.61 Å². The van der Waals surface area contributed by atoms with Gasteiger partial charge in [0.2, 0.25) is 0 Å². The maximum Gasteiger partial charge on any atom is 0.119 e. The van der Waals surface area contributed by atoms with Gasteiger partial charge in [0.15, 0.2) is 0 Å². The molecule has 0 amide bonds. The first-order chi connectivity index (χ1) is 8.76. The summed E-state index contributed by atoms with van der Waals surface area (Å²) >= 11 is 5.57. The molecule has 0 unspecified atom stereocenters. The lowest BCUT2D eigenvalue weighted by Crippen LogP contribution is -2.18. The first kappa shape index (κ1) is 15.0. The molecule has 0 saturated carbocycles. The molecule has 1 aromatic carbocycles. The van der Waals surface area contributed by atoms with Gasteiger partial charge >= 0.3 is 0 Å². The molecule has 1 aromatic rings. The molecule has 0 bridgehead atoms. The van der Waals surface area contributed by atoms with Gasteiger partial charge in [-0.15, -0.1) is 0 Å². The molecule has 0 aromatic heterocycles. The number of hydrogen-bond acceptors (Lipinski definition) is 3. The van der Waals surface area contributed by atoms with E-state index in [9.17, 15) is 0 Å². The lowest BCUT2D eigenvalue weighted by Gasteiger charge is -2.08. The van der Waals surface area contributed by atoms with Crippen LogP contribution in [0.25, 0.3) is 0 Å². The molecule has 0 aliphatic carbocycles. The first-order valence-electron chi connectivity index (χ1n) is 5.93. The normalized spacial score (nSPS) is 11.6. The highest BCUT2D eigenvalue weighted by atomic mass is 35.5. The van der Waals surface area contributed by atoms with E-state index in [0.29, 0.717) is 6.61 Å². The van der Waals surface area contributed by atoms with Gasteiger partial charge in [0.1, 0.15) is 12.4 Å². The smallest absolute Gasteiger partial charge is 0.119 e. The fourth-order valence-electron chi connectivity index (χ4n) is 1.34. The van der Waals surface area contributed by atoms with E-state index in [0.717, 1.165) is 31.0 Å². The van der Waals surface area contributed by atoms with Crippen LogP contribution < -0.4 is 10.1 Å². The van der Waals surface area contributed by atoms with Crippen molar-refractivity contribution >= 4 is 11.6 Å². The molecule has 0 fully saturated rings. The fraction of sp³-hybridized carbons (Fsp3) is 0.429. The molecular formula is C14H20ClNO2. The quantitative estimate of drug-likeness (QED) is 0.736. The Morgan fingerprint density at radius 2 is 2.06 bits per heavy atom. The largest absolute Gasteiger partial charge is 0.489 e. The maximum absolute atomic E-state index is 5.57. The van der Waals surface area contributed by atoms with Gasteiger partial charge in [0.25, 0.3) is 0 Å².